The van der Waals surface area contributed by atoms with Crippen molar-refractivity contribution in [3.63, 3.8) is 0 Å². The molecule has 0 saturated heterocycles. The zero-order chi connectivity index (χ0) is 14.5. The summed E-state index contributed by atoms with van der Waals surface area (Å²) in [6.45, 7) is 4.19. The first kappa shape index (κ1) is 13.8. The third-order valence-electron chi connectivity index (χ3n) is 3.20. The fourth-order valence-corrected chi connectivity index (χ4v) is 2.15. The molecule has 0 heterocycles. The third kappa shape index (κ3) is 3.04. The minimum atomic E-state index is -0.121. The van der Waals surface area contributed by atoms with Gasteiger partial charge in [-0.05, 0) is 42.7 Å². The van der Waals surface area contributed by atoms with Crippen LogP contribution in [-0.2, 0) is 6.54 Å². The van der Waals surface area contributed by atoms with Gasteiger partial charge in [0, 0.05) is 12.1 Å². The number of amides is 1. The van der Waals surface area contributed by atoms with E-state index in [0.717, 1.165) is 16.7 Å². The molecule has 0 radical (unpaired) electrons. The number of nitriles is 1. The first-order chi connectivity index (χ1) is 9.61. The van der Waals surface area contributed by atoms with Gasteiger partial charge in [0.15, 0.2) is 0 Å². The van der Waals surface area contributed by atoms with Gasteiger partial charge >= 0.3 is 0 Å². The Balaban J connectivity index is 2.12. The van der Waals surface area contributed by atoms with E-state index in [1.165, 1.54) is 0 Å². The van der Waals surface area contributed by atoms with E-state index in [1.807, 2.05) is 44.2 Å². The molecule has 0 unspecified atom stereocenters. The molecule has 0 saturated carbocycles. The first-order valence-electron chi connectivity index (χ1n) is 6.45. The smallest absolute Gasteiger partial charge is 0.251 e. The summed E-state index contributed by atoms with van der Waals surface area (Å²) in [5.74, 6) is -0.121. The van der Waals surface area contributed by atoms with Gasteiger partial charge in [0.1, 0.15) is 0 Å². The third-order valence-corrected chi connectivity index (χ3v) is 3.20. The van der Waals surface area contributed by atoms with Gasteiger partial charge < -0.3 is 5.32 Å². The SMILES string of the molecule is Cc1cc(C(=O)NCc2ccccc2)cc(C)c1C#N. The topological polar surface area (TPSA) is 52.9 Å². The average Bonchev–Trinajstić information content (AvgIpc) is 2.45. The quantitative estimate of drug-likeness (QED) is 0.926. The highest BCUT2D eigenvalue weighted by Crippen LogP contribution is 2.15. The van der Waals surface area contributed by atoms with Crippen LogP contribution in [0.3, 0.4) is 0 Å². The molecule has 2 aromatic rings. The van der Waals surface area contributed by atoms with Crippen molar-refractivity contribution in [3.05, 3.63) is 70.3 Å². The van der Waals surface area contributed by atoms with E-state index in [-0.39, 0.29) is 5.91 Å². The summed E-state index contributed by atoms with van der Waals surface area (Å²) in [4.78, 5) is 12.1. The second kappa shape index (κ2) is 6.03. The van der Waals surface area contributed by atoms with E-state index in [9.17, 15) is 4.79 Å². The molecule has 0 aliphatic carbocycles. The van der Waals surface area contributed by atoms with Crippen LogP contribution in [-0.4, -0.2) is 5.91 Å². The highest BCUT2D eigenvalue weighted by atomic mass is 16.1. The molecule has 2 rings (SSSR count). The zero-order valence-electron chi connectivity index (χ0n) is 11.6. The predicted octanol–water partition coefficient (Wildman–Crippen LogP) is 3.11. The van der Waals surface area contributed by atoms with Gasteiger partial charge in [-0.25, -0.2) is 0 Å². The lowest BCUT2D eigenvalue weighted by atomic mass is 10.00. The van der Waals surface area contributed by atoms with Crippen molar-refractivity contribution in [1.29, 1.82) is 5.26 Å². The average molecular weight is 264 g/mol. The van der Waals surface area contributed by atoms with Gasteiger partial charge in [-0.15, -0.1) is 0 Å². The fraction of sp³-hybridized carbons (Fsp3) is 0.176. The number of aryl methyl sites for hydroxylation is 2. The normalized spacial score (nSPS) is 9.85. The van der Waals surface area contributed by atoms with Crippen molar-refractivity contribution in [1.82, 2.24) is 5.32 Å². The molecule has 1 amide bonds. The maximum Gasteiger partial charge on any atom is 0.251 e. The number of benzene rings is 2. The number of rotatable bonds is 3. The van der Waals surface area contributed by atoms with Crippen LogP contribution >= 0.6 is 0 Å². The first-order valence-corrected chi connectivity index (χ1v) is 6.45. The summed E-state index contributed by atoms with van der Waals surface area (Å²) < 4.78 is 0. The molecule has 0 atom stereocenters. The molecule has 3 nitrogen and oxygen atoms in total. The van der Waals surface area contributed by atoms with Crippen molar-refractivity contribution in [3.8, 4) is 6.07 Å². The number of carbonyl (C=O) groups excluding carboxylic acids is 1. The van der Waals surface area contributed by atoms with E-state index in [4.69, 9.17) is 5.26 Å². The summed E-state index contributed by atoms with van der Waals surface area (Å²) in [5.41, 5.74) is 3.96. The highest BCUT2D eigenvalue weighted by molar-refractivity contribution is 5.94. The standard InChI is InChI=1S/C17H16N2O/c1-12-8-15(9-13(2)16(12)10-18)17(20)19-11-14-6-4-3-5-7-14/h3-9H,11H2,1-2H3,(H,19,20). The molecule has 0 aliphatic heterocycles. The van der Waals surface area contributed by atoms with Crippen LogP contribution in [0.5, 0.6) is 0 Å². The lowest BCUT2D eigenvalue weighted by molar-refractivity contribution is 0.0950. The Morgan fingerprint density at radius 3 is 2.30 bits per heavy atom. The minimum absolute atomic E-state index is 0.121. The summed E-state index contributed by atoms with van der Waals surface area (Å²) in [6, 6.07) is 15.4. The van der Waals surface area contributed by atoms with Gasteiger partial charge in [-0.2, -0.15) is 5.26 Å². The largest absolute Gasteiger partial charge is 0.348 e. The Labute approximate surface area is 118 Å². The van der Waals surface area contributed by atoms with Crippen LogP contribution in [0.25, 0.3) is 0 Å². The molecule has 0 aliphatic rings. The van der Waals surface area contributed by atoms with Crippen LogP contribution in [0, 0.1) is 25.2 Å². The Hall–Kier alpha value is -2.60. The molecule has 20 heavy (non-hydrogen) atoms. The van der Waals surface area contributed by atoms with Crippen molar-refractivity contribution in [2.75, 3.05) is 0 Å². The Bertz CT molecular complexity index is 646. The molecule has 0 aromatic heterocycles. The lowest BCUT2D eigenvalue weighted by Gasteiger charge is -2.09. The summed E-state index contributed by atoms with van der Waals surface area (Å²) in [6.07, 6.45) is 0. The van der Waals surface area contributed by atoms with Gasteiger partial charge in [0.25, 0.3) is 5.91 Å². The Kier molecular flexibility index (Phi) is 4.17. The predicted molar refractivity (Wildman–Crippen MR) is 78.2 cm³/mol. The van der Waals surface area contributed by atoms with Gasteiger partial charge in [0.2, 0.25) is 0 Å². The number of nitrogens with zero attached hydrogens (tertiary/aromatic N) is 1. The van der Waals surface area contributed by atoms with Gasteiger partial charge in [-0.3, -0.25) is 4.79 Å². The van der Waals surface area contributed by atoms with Crippen LogP contribution in [0.15, 0.2) is 42.5 Å². The maximum atomic E-state index is 12.1. The number of carbonyl (C=O) groups is 1. The van der Waals surface area contributed by atoms with Crippen LogP contribution in [0.1, 0.15) is 32.6 Å². The van der Waals surface area contributed by atoms with E-state index in [1.54, 1.807) is 12.1 Å². The molecule has 3 heteroatoms. The van der Waals surface area contributed by atoms with E-state index in [0.29, 0.717) is 17.7 Å². The monoisotopic (exact) mass is 264 g/mol. The number of hydrogen-bond donors (Lipinski definition) is 1. The molecule has 0 fully saturated rings. The molecule has 100 valence electrons. The molecular weight excluding hydrogens is 248 g/mol. The van der Waals surface area contributed by atoms with E-state index < -0.39 is 0 Å². The van der Waals surface area contributed by atoms with Crippen LogP contribution < -0.4 is 5.32 Å². The van der Waals surface area contributed by atoms with Gasteiger partial charge in [0.05, 0.1) is 11.6 Å². The molecule has 0 spiro atoms. The number of nitrogens with one attached hydrogen (secondary N) is 1. The maximum absolute atomic E-state index is 12.1. The van der Waals surface area contributed by atoms with Crippen molar-refractivity contribution >= 4 is 5.91 Å². The molecular formula is C17H16N2O. The summed E-state index contributed by atoms with van der Waals surface area (Å²) in [5, 5.41) is 11.9. The second-order valence-corrected chi connectivity index (χ2v) is 4.77. The molecule has 1 N–H and O–H groups in total. The summed E-state index contributed by atoms with van der Waals surface area (Å²) in [7, 11) is 0. The zero-order valence-corrected chi connectivity index (χ0v) is 11.6. The highest BCUT2D eigenvalue weighted by Gasteiger charge is 2.10. The Morgan fingerprint density at radius 1 is 1.15 bits per heavy atom. The van der Waals surface area contributed by atoms with Crippen molar-refractivity contribution < 1.29 is 4.79 Å². The molecule has 2 aromatic carbocycles. The van der Waals surface area contributed by atoms with Crippen LogP contribution in [0.4, 0.5) is 0 Å². The van der Waals surface area contributed by atoms with Crippen molar-refractivity contribution in [2.24, 2.45) is 0 Å². The number of hydrogen-bond acceptors (Lipinski definition) is 2. The van der Waals surface area contributed by atoms with Crippen LogP contribution in [0.2, 0.25) is 0 Å². The Morgan fingerprint density at radius 2 is 1.75 bits per heavy atom. The van der Waals surface area contributed by atoms with Crippen molar-refractivity contribution in [2.45, 2.75) is 20.4 Å². The minimum Gasteiger partial charge on any atom is -0.348 e. The second-order valence-electron chi connectivity index (χ2n) is 4.77. The summed E-state index contributed by atoms with van der Waals surface area (Å²) >= 11 is 0. The lowest BCUT2D eigenvalue weighted by Crippen LogP contribution is -2.23. The van der Waals surface area contributed by atoms with E-state index >= 15 is 0 Å². The van der Waals surface area contributed by atoms with E-state index in [2.05, 4.69) is 11.4 Å². The fourth-order valence-electron chi connectivity index (χ4n) is 2.15. The van der Waals surface area contributed by atoms with Gasteiger partial charge in [-0.1, -0.05) is 30.3 Å². The molecule has 0 bridgehead atoms.